The molecule has 1 saturated heterocycles. The third kappa shape index (κ3) is 4.81. The molecule has 1 aliphatic carbocycles. The van der Waals surface area contributed by atoms with E-state index in [9.17, 15) is 13.2 Å². The van der Waals surface area contributed by atoms with E-state index in [1.165, 1.54) is 17.5 Å². The van der Waals surface area contributed by atoms with Gasteiger partial charge < -0.3 is 9.64 Å². The Morgan fingerprint density at radius 3 is 2.50 bits per heavy atom. The summed E-state index contributed by atoms with van der Waals surface area (Å²) in [7, 11) is -2.33. The zero-order valence-electron chi connectivity index (χ0n) is 18.9. The number of methoxy groups -OCH3 is 1. The number of carbonyl (C=O) groups is 1. The maximum Gasteiger partial charge on any atom is 0.254 e. The highest BCUT2D eigenvalue weighted by molar-refractivity contribution is 7.89. The third-order valence-electron chi connectivity index (χ3n) is 6.19. The monoisotopic (exact) mass is 457 g/mol. The standard InChI is InChI=1S/C24H31N3O4S/c1-17-11-18(2)15-26(14-17)32(29,30)23-12-20(6-9-22(23)31-3)24(28)27(21-7-8-21)16-19-5-4-10-25-13-19/h4-6,9-10,12-13,17-18,21H,7-8,11,14-16H2,1-3H3. The molecule has 2 heterocycles. The van der Waals surface area contributed by atoms with Gasteiger partial charge in [-0.3, -0.25) is 9.78 Å². The molecule has 1 aromatic heterocycles. The van der Waals surface area contributed by atoms with Crippen LogP contribution in [0.5, 0.6) is 5.75 Å². The molecular weight excluding hydrogens is 426 g/mol. The first-order valence-electron chi connectivity index (χ1n) is 11.2. The molecule has 1 amide bonds. The molecule has 2 aliphatic rings. The van der Waals surface area contributed by atoms with Crippen LogP contribution in [0.1, 0.15) is 49.0 Å². The van der Waals surface area contributed by atoms with Gasteiger partial charge in [0, 0.05) is 43.6 Å². The van der Waals surface area contributed by atoms with Crippen LogP contribution in [0.3, 0.4) is 0 Å². The van der Waals surface area contributed by atoms with Crippen LogP contribution in [0.15, 0.2) is 47.6 Å². The number of carbonyl (C=O) groups excluding carboxylic acids is 1. The Morgan fingerprint density at radius 2 is 1.91 bits per heavy atom. The summed E-state index contributed by atoms with van der Waals surface area (Å²) in [6.07, 6.45) is 6.38. The Hall–Kier alpha value is -2.45. The molecule has 4 rings (SSSR count). The molecule has 0 N–H and O–H groups in total. The van der Waals surface area contributed by atoms with Crippen LogP contribution in [-0.2, 0) is 16.6 Å². The highest BCUT2D eigenvalue weighted by Crippen LogP contribution is 2.34. The number of benzene rings is 1. The average molecular weight is 458 g/mol. The predicted octanol–water partition coefficient (Wildman–Crippen LogP) is 3.56. The second kappa shape index (κ2) is 9.19. The number of hydrogen-bond donors (Lipinski definition) is 0. The molecule has 8 heteroatoms. The van der Waals surface area contributed by atoms with E-state index < -0.39 is 10.0 Å². The minimum absolute atomic E-state index is 0.0595. The van der Waals surface area contributed by atoms with Crippen molar-refractivity contribution in [2.24, 2.45) is 11.8 Å². The van der Waals surface area contributed by atoms with Crippen molar-refractivity contribution in [2.45, 2.75) is 50.6 Å². The van der Waals surface area contributed by atoms with E-state index in [1.54, 1.807) is 24.5 Å². The number of aromatic nitrogens is 1. The van der Waals surface area contributed by atoms with Crippen LogP contribution in [-0.4, -0.2) is 54.8 Å². The number of pyridine rings is 1. The van der Waals surface area contributed by atoms with Crippen molar-refractivity contribution in [1.29, 1.82) is 0 Å². The van der Waals surface area contributed by atoms with E-state index in [0.29, 0.717) is 25.2 Å². The van der Waals surface area contributed by atoms with E-state index in [4.69, 9.17) is 4.74 Å². The summed E-state index contributed by atoms with van der Waals surface area (Å²) in [5.74, 6) is 0.664. The molecule has 2 fully saturated rings. The number of piperidine rings is 1. The summed E-state index contributed by atoms with van der Waals surface area (Å²) >= 11 is 0. The number of nitrogens with zero attached hydrogens (tertiary/aromatic N) is 3. The highest BCUT2D eigenvalue weighted by Gasteiger charge is 2.36. The SMILES string of the molecule is COc1ccc(C(=O)N(Cc2cccnc2)C2CC2)cc1S(=O)(=O)N1CC(C)CC(C)C1. The van der Waals surface area contributed by atoms with Crippen LogP contribution in [0.2, 0.25) is 0 Å². The molecule has 2 atom stereocenters. The second-order valence-corrected chi connectivity index (χ2v) is 11.1. The van der Waals surface area contributed by atoms with Gasteiger partial charge in [-0.25, -0.2) is 8.42 Å². The lowest BCUT2D eigenvalue weighted by Gasteiger charge is -2.34. The average Bonchev–Trinajstić information content (AvgIpc) is 3.62. The van der Waals surface area contributed by atoms with Gasteiger partial charge in [0.25, 0.3) is 5.91 Å². The predicted molar refractivity (Wildman–Crippen MR) is 122 cm³/mol. The van der Waals surface area contributed by atoms with E-state index in [1.807, 2.05) is 17.0 Å². The Labute approximate surface area is 190 Å². The highest BCUT2D eigenvalue weighted by atomic mass is 32.2. The second-order valence-electron chi connectivity index (χ2n) is 9.16. The molecule has 1 aliphatic heterocycles. The Kier molecular flexibility index (Phi) is 6.53. The van der Waals surface area contributed by atoms with Crippen LogP contribution >= 0.6 is 0 Å². The molecule has 0 radical (unpaired) electrons. The number of amides is 1. The van der Waals surface area contributed by atoms with Gasteiger partial charge in [0.05, 0.1) is 7.11 Å². The Morgan fingerprint density at radius 1 is 1.19 bits per heavy atom. The number of hydrogen-bond acceptors (Lipinski definition) is 5. The van der Waals surface area contributed by atoms with Gasteiger partial charge in [0.1, 0.15) is 10.6 Å². The van der Waals surface area contributed by atoms with Gasteiger partial charge in [0.15, 0.2) is 0 Å². The summed E-state index contributed by atoms with van der Waals surface area (Å²) in [5.41, 5.74) is 1.31. The zero-order chi connectivity index (χ0) is 22.9. The van der Waals surface area contributed by atoms with Gasteiger partial charge in [-0.15, -0.1) is 0 Å². The van der Waals surface area contributed by atoms with Crippen LogP contribution < -0.4 is 4.74 Å². The molecule has 2 aromatic rings. The van der Waals surface area contributed by atoms with Crippen LogP contribution in [0.4, 0.5) is 0 Å². The molecule has 1 saturated carbocycles. The van der Waals surface area contributed by atoms with Crippen LogP contribution in [0, 0.1) is 11.8 Å². The van der Waals surface area contributed by atoms with Crippen molar-refractivity contribution in [1.82, 2.24) is 14.2 Å². The first-order chi connectivity index (χ1) is 15.3. The van der Waals surface area contributed by atoms with Crippen molar-refractivity contribution in [3.05, 3.63) is 53.9 Å². The van der Waals surface area contributed by atoms with Crippen molar-refractivity contribution < 1.29 is 17.9 Å². The van der Waals surface area contributed by atoms with Gasteiger partial charge >= 0.3 is 0 Å². The van der Waals surface area contributed by atoms with E-state index in [2.05, 4.69) is 18.8 Å². The minimum atomic E-state index is -3.79. The molecule has 32 heavy (non-hydrogen) atoms. The smallest absolute Gasteiger partial charge is 0.254 e. The van der Waals surface area contributed by atoms with E-state index >= 15 is 0 Å². The summed E-state index contributed by atoms with van der Waals surface area (Å²) in [6, 6.07) is 8.70. The van der Waals surface area contributed by atoms with Crippen molar-refractivity contribution in [3.63, 3.8) is 0 Å². The number of rotatable bonds is 7. The fourth-order valence-corrected chi connectivity index (χ4v) is 6.42. The molecule has 1 aromatic carbocycles. The molecule has 2 unspecified atom stereocenters. The summed E-state index contributed by atoms with van der Waals surface area (Å²) in [5, 5.41) is 0. The van der Waals surface area contributed by atoms with Crippen molar-refractivity contribution >= 4 is 15.9 Å². The van der Waals surface area contributed by atoms with E-state index in [-0.39, 0.29) is 34.4 Å². The van der Waals surface area contributed by atoms with Gasteiger partial charge in [-0.05, 0) is 60.9 Å². The molecular formula is C24H31N3O4S. The lowest BCUT2D eigenvalue weighted by Crippen LogP contribution is -2.42. The van der Waals surface area contributed by atoms with Gasteiger partial charge in [-0.2, -0.15) is 4.31 Å². The summed E-state index contributed by atoms with van der Waals surface area (Å²) in [6.45, 7) is 5.54. The van der Waals surface area contributed by atoms with E-state index in [0.717, 1.165) is 24.8 Å². The largest absolute Gasteiger partial charge is 0.495 e. The molecule has 7 nitrogen and oxygen atoms in total. The lowest BCUT2D eigenvalue weighted by atomic mass is 9.94. The zero-order valence-corrected chi connectivity index (χ0v) is 19.7. The Balaban J connectivity index is 1.65. The lowest BCUT2D eigenvalue weighted by molar-refractivity contribution is 0.0729. The molecule has 172 valence electrons. The summed E-state index contributed by atoms with van der Waals surface area (Å²) < 4.78 is 34.0. The number of ether oxygens (including phenoxy) is 1. The van der Waals surface area contributed by atoms with Crippen molar-refractivity contribution in [3.8, 4) is 5.75 Å². The van der Waals surface area contributed by atoms with Crippen LogP contribution in [0.25, 0.3) is 0 Å². The topological polar surface area (TPSA) is 79.8 Å². The van der Waals surface area contributed by atoms with Crippen molar-refractivity contribution in [2.75, 3.05) is 20.2 Å². The molecule has 0 spiro atoms. The quantitative estimate of drug-likeness (QED) is 0.635. The fraction of sp³-hybridized carbons (Fsp3) is 0.500. The number of sulfonamides is 1. The minimum Gasteiger partial charge on any atom is -0.495 e. The van der Waals surface area contributed by atoms with Gasteiger partial charge in [-0.1, -0.05) is 19.9 Å². The first kappa shape index (κ1) is 22.7. The third-order valence-corrected chi connectivity index (χ3v) is 8.04. The van der Waals surface area contributed by atoms with Gasteiger partial charge in [0.2, 0.25) is 10.0 Å². The maximum atomic E-state index is 13.6. The molecule has 0 bridgehead atoms. The first-order valence-corrected chi connectivity index (χ1v) is 12.6. The normalized spacial score (nSPS) is 21.8. The Bertz CT molecular complexity index is 1060. The fourth-order valence-electron chi connectivity index (χ4n) is 4.56. The maximum absolute atomic E-state index is 13.6. The summed E-state index contributed by atoms with van der Waals surface area (Å²) in [4.78, 5) is 19.5.